The van der Waals surface area contributed by atoms with E-state index >= 15 is 4.39 Å². The number of nitrogens with one attached hydrogen (secondary N) is 1. The van der Waals surface area contributed by atoms with Gasteiger partial charge in [-0.1, -0.05) is 6.07 Å². The smallest absolute Gasteiger partial charge is 0.415 e. The Morgan fingerprint density at radius 1 is 1.39 bits per heavy atom. The molecule has 1 aromatic heterocycles. The van der Waals surface area contributed by atoms with Gasteiger partial charge in [0.1, 0.15) is 17.3 Å². The van der Waals surface area contributed by atoms with Crippen LogP contribution in [0.3, 0.4) is 0 Å². The number of carbonyl (C=O) groups is 2. The quantitative estimate of drug-likeness (QED) is 0.748. The van der Waals surface area contributed by atoms with Crippen LogP contribution in [0.15, 0.2) is 30.5 Å². The largest absolute Gasteiger partial charge is 0.442 e. The van der Waals surface area contributed by atoms with Gasteiger partial charge in [-0.25, -0.2) is 9.18 Å². The number of anilines is 1. The maximum Gasteiger partial charge on any atom is 0.415 e. The maximum atomic E-state index is 15.1. The molecule has 1 unspecified atom stereocenters. The second kappa shape index (κ2) is 7.19. The summed E-state index contributed by atoms with van der Waals surface area (Å²) < 4.78 is 20.5. The van der Waals surface area contributed by atoms with Crippen LogP contribution in [0.25, 0.3) is 11.1 Å². The van der Waals surface area contributed by atoms with Crippen LogP contribution in [0.1, 0.15) is 18.2 Å². The number of aromatic nitrogens is 1. The van der Waals surface area contributed by atoms with Gasteiger partial charge in [-0.15, -0.1) is 0 Å². The van der Waals surface area contributed by atoms with Crippen molar-refractivity contribution in [1.82, 2.24) is 10.3 Å². The standard InChI is InChI=1S/C24H21FN4O3S/c1-12(30)27-8-21-20-5-14-4-15(18(25)6-19(14)29(20)23(31)32-21)13-2-3-22(28-7-13)24(11-26)16-9-33-10-17(16)24/h2-4,6-7,16-17,20-21H,5,8-10H2,1H3,(H,27,30)/t16-,17+,20-,21-,24?/m0/s1. The van der Waals surface area contributed by atoms with E-state index in [9.17, 15) is 14.9 Å². The highest BCUT2D eigenvalue weighted by Crippen LogP contribution is 2.65. The molecule has 1 aliphatic carbocycles. The lowest BCUT2D eigenvalue weighted by Crippen LogP contribution is -2.40. The predicted octanol–water partition coefficient (Wildman–Crippen LogP) is 3.03. The van der Waals surface area contributed by atoms with Crippen LogP contribution in [0.2, 0.25) is 0 Å². The van der Waals surface area contributed by atoms with Crippen molar-refractivity contribution in [2.45, 2.75) is 30.9 Å². The third-order valence-corrected chi connectivity index (χ3v) is 8.63. The SMILES string of the molecule is CC(=O)NC[C@@H]1OC(=O)N2c3cc(F)c(-c4ccc(C5(C#N)[C@@H]6CSC[C@@H]65)nc4)cc3C[C@@H]12. The maximum absolute atomic E-state index is 15.1. The highest BCUT2D eigenvalue weighted by atomic mass is 32.2. The van der Waals surface area contributed by atoms with E-state index in [1.165, 1.54) is 17.9 Å². The van der Waals surface area contributed by atoms with Crippen LogP contribution in [0, 0.1) is 29.0 Å². The van der Waals surface area contributed by atoms with Crippen molar-refractivity contribution in [1.29, 1.82) is 5.26 Å². The van der Waals surface area contributed by atoms with Crippen LogP contribution in [-0.4, -0.2) is 47.2 Å². The van der Waals surface area contributed by atoms with E-state index in [1.807, 2.05) is 23.9 Å². The van der Waals surface area contributed by atoms with E-state index < -0.39 is 23.4 Å². The molecular weight excluding hydrogens is 443 g/mol. The number of amides is 2. The second-order valence-corrected chi connectivity index (χ2v) is 10.2. The van der Waals surface area contributed by atoms with E-state index in [0.29, 0.717) is 35.1 Å². The molecule has 2 aromatic rings. The van der Waals surface area contributed by atoms with Crippen LogP contribution in [-0.2, 0) is 21.4 Å². The van der Waals surface area contributed by atoms with Gasteiger partial charge in [0.2, 0.25) is 5.91 Å². The van der Waals surface area contributed by atoms with Crippen molar-refractivity contribution in [3.05, 3.63) is 47.5 Å². The highest BCUT2D eigenvalue weighted by molar-refractivity contribution is 7.99. The second-order valence-electron chi connectivity index (χ2n) is 9.12. The Kier molecular flexibility index (Phi) is 4.46. The molecule has 3 fully saturated rings. The minimum absolute atomic E-state index is 0.198. The molecule has 0 radical (unpaired) electrons. The molecule has 4 aliphatic rings. The molecule has 5 atom stereocenters. The van der Waals surface area contributed by atoms with Gasteiger partial charge in [-0.05, 0) is 53.5 Å². The number of rotatable bonds is 4. The predicted molar refractivity (Wildman–Crippen MR) is 120 cm³/mol. The number of nitrogens with zero attached hydrogens (tertiary/aromatic N) is 3. The van der Waals surface area contributed by atoms with E-state index in [4.69, 9.17) is 4.74 Å². The Morgan fingerprint density at radius 3 is 2.85 bits per heavy atom. The van der Waals surface area contributed by atoms with Gasteiger partial charge in [0.05, 0.1) is 30.0 Å². The number of ether oxygens (including phenoxy) is 1. The van der Waals surface area contributed by atoms with Gasteiger partial charge in [0.25, 0.3) is 0 Å². The van der Waals surface area contributed by atoms with E-state index in [0.717, 1.165) is 22.8 Å². The van der Waals surface area contributed by atoms with Gasteiger partial charge in [-0.2, -0.15) is 17.0 Å². The Bertz CT molecular complexity index is 1220. The third kappa shape index (κ3) is 2.90. The van der Waals surface area contributed by atoms with Crippen molar-refractivity contribution in [3.63, 3.8) is 0 Å². The molecular formula is C24H21FN4O3S. The first-order valence-electron chi connectivity index (χ1n) is 11.0. The van der Waals surface area contributed by atoms with E-state index in [2.05, 4.69) is 16.4 Å². The van der Waals surface area contributed by atoms with Gasteiger partial charge in [0.15, 0.2) is 0 Å². The van der Waals surface area contributed by atoms with E-state index in [-0.39, 0.29) is 18.5 Å². The van der Waals surface area contributed by atoms with Crippen molar-refractivity contribution >= 4 is 29.4 Å². The lowest BCUT2D eigenvalue weighted by molar-refractivity contribution is -0.119. The fourth-order valence-electron chi connectivity index (χ4n) is 5.69. The summed E-state index contributed by atoms with van der Waals surface area (Å²) >= 11 is 1.88. The van der Waals surface area contributed by atoms with Crippen molar-refractivity contribution in [2.75, 3.05) is 23.0 Å². The molecule has 9 heteroatoms. The molecule has 0 spiro atoms. The normalized spacial score (nSPS) is 30.8. The number of pyridine rings is 1. The van der Waals surface area contributed by atoms with Gasteiger partial charge in [-0.3, -0.25) is 14.7 Å². The Labute approximate surface area is 194 Å². The van der Waals surface area contributed by atoms with Crippen LogP contribution in [0.5, 0.6) is 0 Å². The monoisotopic (exact) mass is 464 g/mol. The first kappa shape index (κ1) is 20.5. The Morgan fingerprint density at radius 2 is 2.18 bits per heavy atom. The molecule has 3 aliphatic heterocycles. The zero-order valence-corrected chi connectivity index (χ0v) is 18.7. The molecule has 1 saturated carbocycles. The average Bonchev–Trinajstić information content (AvgIpc) is 3.19. The molecule has 6 rings (SSSR count). The average molecular weight is 465 g/mol. The summed E-state index contributed by atoms with van der Waals surface area (Å²) in [6.45, 7) is 1.63. The molecule has 2 amide bonds. The highest BCUT2D eigenvalue weighted by Gasteiger charge is 2.69. The molecule has 1 aromatic carbocycles. The summed E-state index contributed by atoms with van der Waals surface area (Å²) in [5, 5.41) is 12.5. The zero-order chi connectivity index (χ0) is 22.9. The fourth-order valence-corrected chi connectivity index (χ4v) is 7.32. The Hall–Kier alpha value is -3.12. The van der Waals surface area contributed by atoms with Crippen LogP contribution in [0.4, 0.5) is 14.9 Å². The molecule has 168 valence electrons. The molecule has 1 N–H and O–H groups in total. The Balaban J connectivity index is 1.28. The number of thioether (sulfide) groups is 1. The number of benzene rings is 1. The minimum Gasteiger partial charge on any atom is -0.442 e. The van der Waals surface area contributed by atoms with Crippen molar-refractivity contribution in [2.24, 2.45) is 11.8 Å². The minimum atomic E-state index is -0.526. The van der Waals surface area contributed by atoms with Crippen molar-refractivity contribution < 1.29 is 18.7 Å². The number of hydrogen-bond donors (Lipinski definition) is 1. The summed E-state index contributed by atoms with van der Waals surface area (Å²) in [6, 6.07) is 9.05. The summed E-state index contributed by atoms with van der Waals surface area (Å²) in [7, 11) is 0. The first-order chi connectivity index (χ1) is 15.9. The molecule has 33 heavy (non-hydrogen) atoms. The first-order valence-corrected chi connectivity index (χ1v) is 12.1. The summed E-state index contributed by atoms with van der Waals surface area (Å²) in [5.41, 5.74) is 2.69. The number of carbonyl (C=O) groups excluding carboxylic acids is 2. The van der Waals surface area contributed by atoms with E-state index in [1.54, 1.807) is 12.3 Å². The molecule has 0 bridgehead atoms. The lowest BCUT2D eigenvalue weighted by atomic mass is 9.96. The number of hydrogen-bond acceptors (Lipinski definition) is 6. The number of fused-ring (bicyclic) bond motifs is 4. The van der Waals surface area contributed by atoms with Crippen LogP contribution >= 0.6 is 11.8 Å². The van der Waals surface area contributed by atoms with Gasteiger partial charge < -0.3 is 10.1 Å². The number of cyclic esters (lactones) is 1. The summed E-state index contributed by atoms with van der Waals surface area (Å²) in [5.74, 6) is 2.06. The van der Waals surface area contributed by atoms with Crippen LogP contribution < -0.4 is 10.2 Å². The summed E-state index contributed by atoms with van der Waals surface area (Å²) in [6.07, 6.45) is 1.15. The topological polar surface area (TPSA) is 95.3 Å². The molecule has 2 saturated heterocycles. The molecule has 7 nitrogen and oxygen atoms in total. The fraction of sp³-hybridized carbons (Fsp3) is 0.417. The van der Waals surface area contributed by atoms with Gasteiger partial charge in [0, 0.05) is 24.2 Å². The van der Waals surface area contributed by atoms with Crippen molar-refractivity contribution in [3.8, 4) is 17.2 Å². The zero-order valence-electron chi connectivity index (χ0n) is 17.9. The lowest BCUT2D eigenvalue weighted by Gasteiger charge is -2.16. The third-order valence-electron chi connectivity index (χ3n) is 7.44. The number of nitriles is 1. The molecule has 4 heterocycles. The van der Waals surface area contributed by atoms with Gasteiger partial charge >= 0.3 is 6.09 Å². The summed E-state index contributed by atoms with van der Waals surface area (Å²) in [4.78, 5) is 29.7. The number of halogens is 1.